The van der Waals surface area contributed by atoms with Crippen molar-refractivity contribution in [3.63, 3.8) is 0 Å². The summed E-state index contributed by atoms with van der Waals surface area (Å²) in [6.45, 7) is 4.70. The average molecular weight is 197 g/mol. The van der Waals surface area contributed by atoms with E-state index < -0.39 is 12.0 Å². The summed E-state index contributed by atoms with van der Waals surface area (Å²) in [6, 6.07) is -0.786. The zero-order chi connectivity index (χ0) is 11.0. The number of allylic oxidation sites excluding steroid dienone is 1. The number of carbonyl (C=O) groups excluding carboxylic acids is 1. The number of rotatable bonds is 6. The monoisotopic (exact) mass is 197 g/mol. The van der Waals surface area contributed by atoms with E-state index in [1.165, 1.54) is 6.92 Å². The lowest BCUT2D eigenvalue weighted by Crippen LogP contribution is -2.39. The molecule has 0 aromatic heterocycles. The second-order valence-corrected chi connectivity index (χ2v) is 2.93. The van der Waals surface area contributed by atoms with Gasteiger partial charge >= 0.3 is 5.97 Å². The second kappa shape index (κ2) is 6.92. The van der Waals surface area contributed by atoms with Gasteiger partial charge in [-0.1, -0.05) is 6.58 Å². The van der Waals surface area contributed by atoms with E-state index in [0.29, 0.717) is 12.8 Å². The number of carboxylic acids is 1. The molecule has 0 aliphatic heterocycles. The highest BCUT2D eigenvalue weighted by atomic mass is 16.4. The van der Waals surface area contributed by atoms with Gasteiger partial charge < -0.3 is 10.4 Å². The molecule has 1 atom stereocenters. The van der Waals surface area contributed by atoms with Crippen molar-refractivity contribution in [3.05, 3.63) is 18.4 Å². The fraction of sp³-hybridized carbons (Fsp3) is 0.500. The Hall–Kier alpha value is -1.54. The number of carbonyl (C=O) groups is 2. The van der Waals surface area contributed by atoms with Crippen molar-refractivity contribution in [1.29, 1.82) is 0 Å². The fourth-order valence-corrected chi connectivity index (χ4v) is 1.03. The van der Waals surface area contributed by atoms with Crippen LogP contribution in [0.3, 0.4) is 0 Å². The van der Waals surface area contributed by atoms with E-state index in [1.54, 1.807) is 6.08 Å². The number of hydrogen-bond acceptors (Lipinski definition) is 2. The maximum absolute atomic E-state index is 10.6. The summed E-state index contributed by atoms with van der Waals surface area (Å²) in [5, 5.41) is 11.1. The largest absolute Gasteiger partial charge is 0.480 e. The molecule has 0 aliphatic carbocycles. The molecule has 1 amide bonds. The molecule has 0 bridgehead atoms. The van der Waals surface area contributed by atoms with Crippen LogP contribution in [0.2, 0.25) is 0 Å². The molecule has 0 unspecified atom stereocenters. The van der Waals surface area contributed by atoms with E-state index in [-0.39, 0.29) is 5.91 Å². The van der Waals surface area contributed by atoms with E-state index in [4.69, 9.17) is 5.11 Å². The Kier molecular flexibility index (Phi) is 6.16. The number of aliphatic carboxylic acids is 1. The Bertz CT molecular complexity index is 254. The molecule has 0 spiro atoms. The molecule has 0 saturated carbocycles. The smallest absolute Gasteiger partial charge is 0.326 e. The quantitative estimate of drug-likeness (QED) is 0.494. The number of nitrogens with one attached hydrogen (secondary N) is 1. The predicted molar refractivity (Wildman–Crippen MR) is 52.8 cm³/mol. The lowest BCUT2D eigenvalue weighted by Gasteiger charge is -2.11. The third-order valence-corrected chi connectivity index (χ3v) is 1.66. The van der Waals surface area contributed by atoms with E-state index >= 15 is 0 Å². The third kappa shape index (κ3) is 6.03. The summed E-state index contributed by atoms with van der Waals surface area (Å²) in [5.74, 6) is -1.32. The zero-order valence-corrected chi connectivity index (χ0v) is 8.25. The van der Waals surface area contributed by atoms with Gasteiger partial charge in [-0.2, -0.15) is 0 Å². The number of amides is 1. The van der Waals surface area contributed by atoms with Crippen LogP contribution in [0, 0.1) is 0 Å². The van der Waals surface area contributed by atoms with E-state index in [0.717, 1.165) is 6.42 Å². The van der Waals surface area contributed by atoms with Gasteiger partial charge in [0.05, 0.1) is 0 Å². The topological polar surface area (TPSA) is 66.4 Å². The molecular formula is C10H15NO3. The molecule has 0 radical (unpaired) electrons. The van der Waals surface area contributed by atoms with Crippen LogP contribution >= 0.6 is 0 Å². The average Bonchev–Trinajstić information content (AvgIpc) is 2.09. The van der Waals surface area contributed by atoms with E-state index in [9.17, 15) is 9.59 Å². The van der Waals surface area contributed by atoms with Crippen molar-refractivity contribution in [2.45, 2.75) is 32.2 Å². The summed E-state index contributed by atoms with van der Waals surface area (Å²) < 4.78 is 0. The van der Waals surface area contributed by atoms with Gasteiger partial charge in [0, 0.05) is 6.92 Å². The SMILES string of the molecule is C=C=CCCC[C@@H](NC(C)=O)C(=O)O. The zero-order valence-electron chi connectivity index (χ0n) is 8.25. The standard InChI is InChI=1S/C10H15NO3/c1-3-4-5-6-7-9(10(13)14)11-8(2)12/h4,9H,1,5-7H2,2H3,(H,11,12)(H,13,14)/t9-/m1/s1. The van der Waals surface area contributed by atoms with Gasteiger partial charge in [-0.3, -0.25) is 4.79 Å². The summed E-state index contributed by atoms with van der Waals surface area (Å²) in [4.78, 5) is 21.3. The van der Waals surface area contributed by atoms with Gasteiger partial charge in [0.1, 0.15) is 6.04 Å². The van der Waals surface area contributed by atoms with Gasteiger partial charge in [0.2, 0.25) is 5.91 Å². The Morgan fingerprint density at radius 2 is 2.29 bits per heavy atom. The summed E-state index contributed by atoms with van der Waals surface area (Å²) in [6.07, 6.45) is 3.59. The van der Waals surface area contributed by atoms with Crippen molar-refractivity contribution in [3.8, 4) is 0 Å². The van der Waals surface area contributed by atoms with Crippen LogP contribution in [-0.4, -0.2) is 23.0 Å². The molecule has 78 valence electrons. The first kappa shape index (κ1) is 12.5. The van der Waals surface area contributed by atoms with E-state index in [1.807, 2.05) is 0 Å². The van der Waals surface area contributed by atoms with Crippen molar-refractivity contribution >= 4 is 11.9 Å². The molecule has 0 aromatic carbocycles. The normalized spacial score (nSPS) is 11.2. The minimum atomic E-state index is -0.997. The number of carboxylic acid groups (broad SMARTS) is 1. The maximum Gasteiger partial charge on any atom is 0.326 e. The van der Waals surface area contributed by atoms with Crippen LogP contribution < -0.4 is 5.32 Å². The molecule has 4 nitrogen and oxygen atoms in total. The Morgan fingerprint density at radius 1 is 1.64 bits per heavy atom. The first-order valence-corrected chi connectivity index (χ1v) is 4.42. The first-order valence-electron chi connectivity index (χ1n) is 4.42. The molecule has 4 heteroatoms. The lowest BCUT2D eigenvalue weighted by molar-refractivity contribution is -0.141. The Morgan fingerprint density at radius 3 is 2.71 bits per heavy atom. The Balaban J connectivity index is 3.91. The summed E-state index contributed by atoms with van der Waals surface area (Å²) in [7, 11) is 0. The molecule has 14 heavy (non-hydrogen) atoms. The Labute approximate surface area is 83.3 Å². The summed E-state index contributed by atoms with van der Waals surface area (Å²) >= 11 is 0. The predicted octanol–water partition coefficient (Wildman–Crippen LogP) is 1.09. The van der Waals surface area contributed by atoms with Gasteiger partial charge in [0.25, 0.3) is 0 Å². The number of unbranched alkanes of at least 4 members (excludes halogenated alkanes) is 1. The van der Waals surface area contributed by atoms with E-state index in [2.05, 4.69) is 17.6 Å². The molecule has 0 aromatic rings. The van der Waals surface area contributed by atoms with Crippen molar-refractivity contribution in [2.24, 2.45) is 0 Å². The molecule has 0 saturated heterocycles. The highest BCUT2D eigenvalue weighted by Crippen LogP contribution is 2.01. The first-order chi connectivity index (χ1) is 6.57. The lowest BCUT2D eigenvalue weighted by atomic mass is 10.1. The van der Waals surface area contributed by atoms with Crippen molar-refractivity contribution in [2.75, 3.05) is 0 Å². The molecule has 0 rings (SSSR count). The van der Waals surface area contributed by atoms with Crippen LogP contribution in [0.5, 0.6) is 0 Å². The summed E-state index contributed by atoms with van der Waals surface area (Å²) in [5.41, 5.74) is 2.60. The molecule has 2 N–H and O–H groups in total. The van der Waals surface area contributed by atoms with Crippen molar-refractivity contribution in [1.82, 2.24) is 5.32 Å². The highest BCUT2D eigenvalue weighted by molar-refractivity contribution is 5.81. The maximum atomic E-state index is 10.6. The molecule has 0 heterocycles. The highest BCUT2D eigenvalue weighted by Gasteiger charge is 2.16. The van der Waals surface area contributed by atoms with Gasteiger partial charge in [-0.25, -0.2) is 4.79 Å². The third-order valence-electron chi connectivity index (χ3n) is 1.66. The minimum absolute atomic E-state index is 0.323. The van der Waals surface area contributed by atoms with Crippen LogP contribution in [0.1, 0.15) is 26.2 Å². The van der Waals surface area contributed by atoms with Gasteiger partial charge in [-0.15, -0.1) is 5.73 Å². The molecule has 0 fully saturated rings. The van der Waals surface area contributed by atoms with Gasteiger partial charge in [0.15, 0.2) is 0 Å². The second-order valence-electron chi connectivity index (χ2n) is 2.93. The molecule has 0 aliphatic rings. The van der Waals surface area contributed by atoms with Crippen LogP contribution in [0.4, 0.5) is 0 Å². The fourth-order valence-electron chi connectivity index (χ4n) is 1.03. The minimum Gasteiger partial charge on any atom is -0.480 e. The molecular weight excluding hydrogens is 182 g/mol. The van der Waals surface area contributed by atoms with Gasteiger partial charge in [-0.05, 0) is 25.3 Å². The van der Waals surface area contributed by atoms with Crippen LogP contribution in [0.15, 0.2) is 18.4 Å². The van der Waals surface area contributed by atoms with Crippen molar-refractivity contribution < 1.29 is 14.7 Å². The number of hydrogen-bond donors (Lipinski definition) is 2. The van der Waals surface area contributed by atoms with Crippen LogP contribution in [0.25, 0.3) is 0 Å². The van der Waals surface area contributed by atoms with Crippen LogP contribution in [-0.2, 0) is 9.59 Å².